The Hall–Kier alpha value is -2.67. The summed E-state index contributed by atoms with van der Waals surface area (Å²) in [5.41, 5.74) is 7.26. The Morgan fingerprint density at radius 1 is 1.03 bits per heavy atom. The molecule has 1 aromatic carbocycles. The van der Waals surface area contributed by atoms with Gasteiger partial charge in [-0.2, -0.15) is 9.78 Å². The maximum Gasteiger partial charge on any atom is 0.252 e. The van der Waals surface area contributed by atoms with E-state index in [0.29, 0.717) is 11.8 Å². The second-order valence-corrected chi connectivity index (χ2v) is 9.17. The second-order valence-electron chi connectivity index (χ2n) is 7.72. The molecule has 3 heterocycles. The maximum absolute atomic E-state index is 12.8. The van der Waals surface area contributed by atoms with Gasteiger partial charge in [0, 0.05) is 17.0 Å². The largest absolute Gasteiger partial charge is 0.309 e. The van der Waals surface area contributed by atoms with Crippen LogP contribution in [0, 0.1) is 34.6 Å². The standard InChI is InChI=1S/C22H25N5OS/c1-11-7-8-17(12(2)9-11)19-18-15(5)26-27(20(18)25-21(28)16(6)29-19)22-23-13(3)10-14(4)24-22/h7-10,16,19H,1-6H3,(H,25,28). The van der Waals surface area contributed by atoms with Gasteiger partial charge in [-0.15, -0.1) is 11.8 Å². The molecule has 1 aliphatic heterocycles. The predicted octanol–water partition coefficient (Wildman–Crippen LogP) is 4.37. The highest BCUT2D eigenvalue weighted by Gasteiger charge is 2.35. The van der Waals surface area contributed by atoms with Gasteiger partial charge in [0.05, 0.1) is 16.2 Å². The molecule has 4 rings (SSSR count). The SMILES string of the molecule is Cc1ccc(C2SC(C)C(=O)Nc3c2c(C)nn3-c2nc(C)cc(C)n2)c(C)c1. The number of hydrogen-bond donors (Lipinski definition) is 1. The van der Waals surface area contributed by atoms with Crippen molar-refractivity contribution in [2.45, 2.75) is 52.0 Å². The molecule has 2 aromatic heterocycles. The third kappa shape index (κ3) is 3.55. The lowest BCUT2D eigenvalue weighted by molar-refractivity contribution is -0.115. The first kappa shape index (κ1) is 19.6. The fourth-order valence-electron chi connectivity index (χ4n) is 3.82. The molecule has 1 N–H and O–H groups in total. The number of amides is 1. The summed E-state index contributed by atoms with van der Waals surface area (Å²) < 4.78 is 1.68. The normalized spacial score (nSPS) is 18.9. The highest BCUT2D eigenvalue weighted by atomic mass is 32.2. The van der Waals surface area contributed by atoms with Gasteiger partial charge in [-0.1, -0.05) is 23.8 Å². The Morgan fingerprint density at radius 2 is 1.72 bits per heavy atom. The number of fused-ring (bicyclic) bond motifs is 1. The van der Waals surface area contributed by atoms with E-state index in [1.54, 1.807) is 16.4 Å². The molecule has 0 spiro atoms. The van der Waals surface area contributed by atoms with E-state index in [4.69, 9.17) is 5.10 Å². The smallest absolute Gasteiger partial charge is 0.252 e. The zero-order chi connectivity index (χ0) is 20.9. The third-order valence-corrected chi connectivity index (χ3v) is 6.57. The van der Waals surface area contributed by atoms with Gasteiger partial charge in [0.25, 0.3) is 5.95 Å². The molecule has 0 fully saturated rings. The van der Waals surface area contributed by atoms with Crippen molar-refractivity contribution in [1.29, 1.82) is 0 Å². The van der Waals surface area contributed by atoms with Gasteiger partial charge >= 0.3 is 0 Å². The van der Waals surface area contributed by atoms with Gasteiger partial charge < -0.3 is 5.32 Å². The Labute approximate surface area is 175 Å². The van der Waals surface area contributed by atoms with Crippen LogP contribution in [0.3, 0.4) is 0 Å². The molecule has 1 amide bonds. The summed E-state index contributed by atoms with van der Waals surface area (Å²) >= 11 is 1.65. The van der Waals surface area contributed by atoms with E-state index in [1.165, 1.54) is 16.7 Å². The molecular formula is C22H25N5OS. The predicted molar refractivity (Wildman–Crippen MR) is 117 cm³/mol. The zero-order valence-corrected chi connectivity index (χ0v) is 18.4. The number of aryl methyl sites for hydroxylation is 5. The van der Waals surface area contributed by atoms with Crippen LogP contribution in [0.4, 0.5) is 5.82 Å². The number of thioether (sulfide) groups is 1. The molecule has 7 heteroatoms. The van der Waals surface area contributed by atoms with Gasteiger partial charge in [-0.05, 0) is 58.7 Å². The number of benzene rings is 1. The number of anilines is 1. The summed E-state index contributed by atoms with van der Waals surface area (Å²) in [4.78, 5) is 21.9. The van der Waals surface area contributed by atoms with Crippen molar-refractivity contribution in [3.63, 3.8) is 0 Å². The minimum absolute atomic E-state index is 0.000735. The third-order valence-electron chi connectivity index (χ3n) is 5.19. The highest BCUT2D eigenvalue weighted by molar-refractivity contribution is 8.01. The summed E-state index contributed by atoms with van der Waals surface area (Å²) in [6, 6.07) is 8.40. The van der Waals surface area contributed by atoms with Crippen LogP contribution in [0.15, 0.2) is 24.3 Å². The summed E-state index contributed by atoms with van der Waals surface area (Å²) in [5.74, 6) is 1.11. The minimum atomic E-state index is -0.193. The number of hydrogen-bond acceptors (Lipinski definition) is 5. The van der Waals surface area contributed by atoms with E-state index in [-0.39, 0.29) is 16.4 Å². The number of rotatable bonds is 2. The van der Waals surface area contributed by atoms with Gasteiger partial charge in [0.1, 0.15) is 5.82 Å². The lowest BCUT2D eigenvalue weighted by Gasteiger charge is -2.20. The van der Waals surface area contributed by atoms with Crippen LogP contribution in [0.5, 0.6) is 0 Å². The van der Waals surface area contributed by atoms with Gasteiger partial charge in [0.2, 0.25) is 5.91 Å². The molecule has 150 valence electrons. The molecule has 1 aliphatic rings. The van der Waals surface area contributed by atoms with E-state index >= 15 is 0 Å². The van der Waals surface area contributed by atoms with Crippen LogP contribution in [0.25, 0.3) is 5.95 Å². The van der Waals surface area contributed by atoms with Crippen LogP contribution in [-0.2, 0) is 4.79 Å². The maximum atomic E-state index is 12.8. The Bertz CT molecular complexity index is 1100. The Morgan fingerprint density at radius 3 is 2.38 bits per heavy atom. The van der Waals surface area contributed by atoms with Gasteiger partial charge in [-0.25, -0.2) is 9.97 Å². The summed E-state index contributed by atoms with van der Waals surface area (Å²) in [6.45, 7) is 12.0. The van der Waals surface area contributed by atoms with Crippen molar-refractivity contribution >= 4 is 23.5 Å². The number of nitrogens with zero attached hydrogens (tertiary/aromatic N) is 4. The van der Waals surface area contributed by atoms with Crippen molar-refractivity contribution in [2.24, 2.45) is 0 Å². The van der Waals surface area contributed by atoms with E-state index in [0.717, 1.165) is 22.6 Å². The van der Waals surface area contributed by atoms with E-state index in [9.17, 15) is 4.79 Å². The van der Waals surface area contributed by atoms with Crippen LogP contribution < -0.4 is 5.32 Å². The van der Waals surface area contributed by atoms with E-state index in [2.05, 4.69) is 47.3 Å². The molecule has 2 unspecified atom stereocenters. The van der Waals surface area contributed by atoms with Crippen LogP contribution in [-0.4, -0.2) is 30.9 Å². The van der Waals surface area contributed by atoms with Crippen LogP contribution >= 0.6 is 11.8 Å². The fourth-order valence-corrected chi connectivity index (χ4v) is 5.24. The molecule has 0 saturated carbocycles. The molecule has 2 atom stereocenters. The number of carbonyl (C=O) groups is 1. The molecule has 29 heavy (non-hydrogen) atoms. The summed E-state index contributed by atoms with van der Waals surface area (Å²) in [7, 11) is 0. The summed E-state index contributed by atoms with van der Waals surface area (Å²) in [6.07, 6.45) is 0. The molecule has 0 aliphatic carbocycles. The Balaban J connectivity index is 1.95. The van der Waals surface area contributed by atoms with E-state index in [1.807, 2.05) is 33.8 Å². The molecule has 0 saturated heterocycles. The first-order valence-electron chi connectivity index (χ1n) is 9.70. The first-order valence-corrected chi connectivity index (χ1v) is 10.6. The van der Waals surface area contributed by atoms with Crippen LogP contribution in [0.2, 0.25) is 0 Å². The van der Waals surface area contributed by atoms with Crippen molar-refractivity contribution < 1.29 is 4.79 Å². The molecule has 0 bridgehead atoms. The molecule has 3 aromatic rings. The van der Waals surface area contributed by atoms with Gasteiger partial charge in [0.15, 0.2) is 0 Å². The molecular weight excluding hydrogens is 382 g/mol. The number of aromatic nitrogens is 4. The average Bonchev–Trinajstić information content (AvgIpc) is 2.88. The quantitative estimate of drug-likeness (QED) is 0.683. The van der Waals surface area contributed by atoms with Crippen LogP contribution in [0.1, 0.15) is 51.5 Å². The van der Waals surface area contributed by atoms with Crippen molar-refractivity contribution in [2.75, 3.05) is 5.32 Å². The van der Waals surface area contributed by atoms with Crippen molar-refractivity contribution in [3.8, 4) is 5.95 Å². The number of nitrogens with one attached hydrogen (secondary N) is 1. The first-order chi connectivity index (χ1) is 13.7. The highest BCUT2D eigenvalue weighted by Crippen LogP contribution is 2.46. The molecule has 0 radical (unpaired) electrons. The number of carbonyl (C=O) groups excluding carboxylic acids is 1. The lowest BCUT2D eigenvalue weighted by Crippen LogP contribution is -2.23. The van der Waals surface area contributed by atoms with E-state index < -0.39 is 0 Å². The van der Waals surface area contributed by atoms with Crippen molar-refractivity contribution in [1.82, 2.24) is 19.7 Å². The minimum Gasteiger partial charge on any atom is -0.309 e. The fraction of sp³-hybridized carbons (Fsp3) is 0.364. The summed E-state index contributed by atoms with van der Waals surface area (Å²) in [5, 5.41) is 7.63. The Kier molecular flexibility index (Phi) is 4.94. The monoisotopic (exact) mass is 407 g/mol. The lowest BCUT2D eigenvalue weighted by atomic mass is 9.98. The topological polar surface area (TPSA) is 72.7 Å². The van der Waals surface area contributed by atoms with Gasteiger partial charge in [-0.3, -0.25) is 4.79 Å². The van der Waals surface area contributed by atoms with Crippen molar-refractivity contribution in [3.05, 3.63) is 63.6 Å². The molecule has 6 nitrogen and oxygen atoms in total. The zero-order valence-electron chi connectivity index (χ0n) is 17.6. The average molecular weight is 408 g/mol. The second kappa shape index (κ2) is 7.30.